The molecule has 4 atom stereocenters. The SMILES string of the molecule is O=[N+]([O-])c1nccn1C1O[C@H](CO)[C@H](F)[C@H]1O. The van der Waals surface area contributed by atoms with Gasteiger partial charge in [0.2, 0.25) is 6.23 Å². The minimum Gasteiger partial charge on any atom is -0.394 e. The quantitative estimate of drug-likeness (QED) is 0.544. The van der Waals surface area contributed by atoms with Crippen molar-refractivity contribution in [2.75, 3.05) is 6.61 Å². The average Bonchev–Trinajstić information content (AvgIpc) is 2.86. The summed E-state index contributed by atoms with van der Waals surface area (Å²) in [6.45, 7) is -0.614. The smallest absolute Gasteiger partial charge is 0.394 e. The number of imidazole rings is 1. The predicted molar refractivity (Wildman–Crippen MR) is 50.8 cm³/mol. The lowest BCUT2D eigenvalue weighted by Gasteiger charge is -2.12. The van der Waals surface area contributed by atoms with Gasteiger partial charge in [-0.15, -0.1) is 0 Å². The van der Waals surface area contributed by atoms with Gasteiger partial charge in [0.05, 0.1) is 6.61 Å². The minimum atomic E-state index is -1.80. The molecule has 1 aliphatic rings. The van der Waals surface area contributed by atoms with Gasteiger partial charge in [-0.25, -0.2) is 4.39 Å². The van der Waals surface area contributed by atoms with Gasteiger partial charge in [0.15, 0.2) is 6.17 Å². The maximum Gasteiger partial charge on any atom is 0.436 e. The van der Waals surface area contributed by atoms with Crippen LogP contribution in [-0.2, 0) is 4.74 Å². The Labute approximate surface area is 94.4 Å². The molecular weight excluding hydrogens is 237 g/mol. The van der Waals surface area contributed by atoms with Crippen LogP contribution < -0.4 is 0 Å². The van der Waals surface area contributed by atoms with Crippen molar-refractivity contribution in [2.24, 2.45) is 0 Å². The largest absolute Gasteiger partial charge is 0.436 e. The number of ether oxygens (including phenoxy) is 1. The second-order valence-corrected chi connectivity index (χ2v) is 3.57. The average molecular weight is 247 g/mol. The third-order valence-electron chi connectivity index (χ3n) is 2.55. The number of alkyl halides is 1. The number of hydrogen-bond acceptors (Lipinski definition) is 6. The zero-order valence-electron chi connectivity index (χ0n) is 8.51. The van der Waals surface area contributed by atoms with Gasteiger partial charge in [0.25, 0.3) is 0 Å². The third kappa shape index (κ3) is 1.88. The molecule has 0 aromatic carbocycles. The van der Waals surface area contributed by atoms with Gasteiger partial charge in [0, 0.05) is 0 Å². The van der Waals surface area contributed by atoms with E-state index in [1.54, 1.807) is 0 Å². The summed E-state index contributed by atoms with van der Waals surface area (Å²) in [5.41, 5.74) is 0. The first-order valence-electron chi connectivity index (χ1n) is 4.82. The first kappa shape index (κ1) is 11.9. The van der Waals surface area contributed by atoms with Crippen molar-refractivity contribution in [1.29, 1.82) is 0 Å². The van der Waals surface area contributed by atoms with Crippen LogP contribution in [0.25, 0.3) is 0 Å². The normalized spacial score (nSPS) is 32.9. The highest BCUT2D eigenvalue weighted by molar-refractivity contribution is 5.09. The molecule has 94 valence electrons. The summed E-state index contributed by atoms with van der Waals surface area (Å²) in [4.78, 5) is 13.3. The Kier molecular flexibility index (Phi) is 3.05. The second-order valence-electron chi connectivity index (χ2n) is 3.57. The van der Waals surface area contributed by atoms with Gasteiger partial charge in [0.1, 0.15) is 24.6 Å². The molecule has 1 saturated heterocycles. The summed E-state index contributed by atoms with van der Waals surface area (Å²) in [6, 6.07) is 0. The zero-order valence-corrected chi connectivity index (χ0v) is 8.51. The van der Waals surface area contributed by atoms with E-state index in [0.29, 0.717) is 0 Å². The molecule has 8 nitrogen and oxygen atoms in total. The van der Waals surface area contributed by atoms with Gasteiger partial charge in [-0.3, -0.25) is 0 Å². The molecule has 0 spiro atoms. The van der Waals surface area contributed by atoms with Crippen LogP contribution in [0.1, 0.15) is 6.23 Å². The molecule has 2 heterocycles. The van der Waals surface area contributed by atoms with E-state index in [1.165, 1.54) is 6.20 Å². The molecular formula is C8H10FN3O5. The number of nitro groups is 1. The summed E-state index contributed by atoms with van der Waals surface area (Å²) < 4.78 is 19.4. The minimum absolute atomic E-state index is 0.556. The Morgan fingerprint density at radius 1 is 1.71 bits per heavy atom. The van der Waals surface area contributed by atoms with Crippen molar-refractivity contribution in [3.63, 3.8) is 0 Å². The summed E-state index contributed by atoms with van der Waals surface area (Å²) in [7, 11) is 0. The standard InChI is InChI=1S/C8H10FN3O5/c9-5-4(3-13)17-7(6(5)14)11-2-1-10-8(11)12(15)16/h1-2,4-7,13-14H,3H2/t4-,5+,6-,7?/m1/s1. The third-order valence-corrected chi connectivity index (χ3v) is 2.55. The van der Waals surface area contributed by atoms with E-state index in [-0.39, 0.29) is 0 Å². The molecule has 0 bridgehead atoms. The van der Waals surface area contributed by atoms with Crippen LogP contribution in [-0.4, -0.2) is 49.7 Å². The molecule has 0 radical (unpaired) electrons. The molecule has 0 amide bonds. The van der Waals surface area contributed by atoms with Gasteiger partial charge in [-0.2, -0.15) is 4.57 Å². The Morgan fingerprint density at radius 3 is 2.94 bits per heavy atom. The Balaban J connectivity index is 2.29. The van der Waals surface area contributed by atoms with E-state index in [2.05, 4.69) is 4.98 Å². The molecule has 1 aromatic heterocycles. The number of aromatic nitrogens is 2. The lowest BCUT2D eigenvalue weighted by molar-refractivity contribution is -0.398. The molecule has 1 aromatic rings. The van der Waals surface area contributed by atoms with Crippen molar-refractivity contribution < 1.29 is 24.3 Å². The zero-order chi connectivity index (χ0) is 12.6. The van der Waals surface area contributed by atoms with Crippen LogP contribution in [0.3, 0.4) is 0 Å². The fraction of sp³-hybridized carbons (Fsp3) is 0.625. The number of halogens is 1. The second kappa shape index (κ2) is 4.35. The van der Waals surface area contributed by atoms with Crippen LogP contribution >= 0.6 is 0 Å². The first-order chi connectivity index (χ1) is 8.06. The van der Waals surface area contributed by atoms with E-state index in [9.17, 15) is 19.6 Å². The van der Waals surface area contributed by atoms with E-state index in [0.717, 1.165) is 10.8 Å². The van der Waals surface area contributed by atoms with E-state index >= 15 is 0 Å². The van der Waals surface area contributed by atoms with Crippen molar-refractivity contribution in [1.82, 2.24) is 9.55 Å². The molecule has 1 aliphatic heterocycles. The van der Waals surface area contributed by atoms with Crippen LogP contribution in [0.4, 0.5) is 10.3 Å². The number of aliphatic hydroxyl groups is 2. The number of aliphatic hydroxyl groups excluding tert-OH is 2. The van der Waals surface area contributed by atoms with Gasteiger partial charge >= 0.3 is 5.95 Å². The van der Waals surface area contributed by atoms with Gasteiger partial charge in [-0.1, -0.05) is 4.98 Å². The summed E-state index contributed by atoms with van der Waals surface area (Å²) in [5.74, 6) is -0.556. The monoisotopic (exact) mass is 247 g/mol. The van der Waals surface area contributed by atoms with E-state index < -0.39 is 42.1 Å². The van der Waals surface area contributed by atoms with Crippen molar-refractivity contribution in [2.45, 2.75) is 24.6 Å². The van der Waals surface area contributed by atoms with Gasteiger partial charge in [-0.05, 0) is 4.92 Å². The summed E-state index contributed by atoms with van der Waals surface area (Å²) >= 11 is 0. The summed E-state index contributed by atoms with van der Waals surface area (Å²) in [5, 5.41) is 29.0. The Hall–Kier alpha value is -1.58. The Morgan fingerprint density at radius 2 is 2.41 bits per heavy atom. The lowest BCUT2D eigenvalue weighted by atomic mass is 10.1. The van der Waals surface area contributed by atoms with Crippen molar-refractivity contribution in [3.8, 4) is 0 Å². The molecule has 2 N–H and O–H groups in total. The fourth-order valence-corrected chi connectivity index (χ4v) is 1.73. The van der Waals surface area contributed by atoms with Crippen molar-refractivity contribution >= 4 is 5.95 Å². The lowest BCUT2D eigenvalue weighted by Crippen LogP contribution is -2.29. The van der Waals surface area contributed by atoms with Crippen LogP contribution in [0.2, 0.25) is 0 Å². The molecule has 1 unspecified atom stereocenters. The van der Waals surface area contributed by atoms with Crippen LogP contribution in [0.5, 0.6) is 0 Å². The van der Waals surface area contributed by atoms with E-state index in [4.69, 9.17) is 9.84 Å². The fourth-order valence-electron chi connectivity index (χ4n) is 1.73. The van der Waals surface area contributed by atoms with Crippen molar-refractivity contribution in [3.05, 3.63) is 22.5 Å². The number of nitrogens with zero attached hydrogens (tertiary/aromatic N) is 3. The van der Waals surface area contributed by atoms with Crippen LogP contribution in [0, 0.1) is 10.1 Å². The molecule has 17 heavy (non-hydrogen) atoms. The maximum absolute atomic E-state index is 13.4. The molecule has 1 fully saturated rings. The number of rotatable bonds is 3. The highest BCUT2D eigenvalue weighted by Crippen LogP contribution is 2.33. The highest BCUT2D eigenvalue weighted by atomic mass is 19.1. The first-order valence-corrected chi connectivity index (χ1v) is 4.82. The topological polar surface area (TPSA) is 111 Å². The molecule has 0 saturated carbocycles. The highest BCUT2D eigenvalue weighted by Gasteiger charge is 2.47. The molecule has 9 heteroatoms. The number of hydrogen-bond donors (Lipinski definition) is 2. The molecule has 0 aliphatic carbocycles. The maximum atomic E-state index is 13.4. The van der Waals surface area contributed by atoms with Gasteiger partial charge < -0.3 is 25.1 Å². The Bertz CT molecular complexity index is 425. The van der Waals surface area contributed by atoms with Crippen LogP contribution in [0.15, 0.2) is 12.4 Å². The summed E-state index contributed by atoms with van der Waals surface area (Å²) in [6.07, 6.45) is -3.49. The predicted octanol–water partition coefficient (Wildman–Crippen LogP) is -0.620. The molecule has 2 rings (SSSR count). The van der Waals surface area contributed by atoms with E-state index in [1.807, 2.05) is 0 Å².